The molecule has 0 aliphatic rings. The number of rotatable bonds is 2. The van der Waals surface area contributed by atoms with E-state index in [4.69, 9.17) is 10.3 Å². The second kappa shape index (κ2) is 4.06. The van der Waals surface area contributed by atoms with Gasteiger partial charge in [-0.05, 0) is 31.2 Å². The minimum Gasteiger partial charge on any atom is -0.399 e. The maximum absolute atomic E-state index is 11.7. The molecule has 0 aliphatic heterocycles. The van der Waals surface area contributed by atoms with Gasteiger partial charge in [0.2, 0.25) is 0 Å². The van der Waals surface area contributed by atoms with Gasteiger partial charge in [0.15, 0.2) is 0 Å². The number of nitrogens with zero attached hydrogens (tertiary/aromatic N) is 1. The van der Waals surface area contributed by atoms with Crippen LogP contribution in [0.2, 0.25) is 0 Å². The van der Waals surface area contributed by atoms with Crippen LogP contribution in [0.1, 0.15) is 16.1 Å². The first-order chi connectivity index (χ1) is 7.66. The highest BCUT2D eigenvalue weighted by molar-refractivity contribution is 6.04. The number of hydrogen-bond acceptors (Lipinski definition) is 4. The molecule has 2 aromatic rings. The highest BCUT2D eigenvalue weighted by Gasteiger charge is 2.12. The first-order valence-electron chi connectivity index (χ1n) is 4.75. The number of carbonyl (C=O) groups excluding carboxylic acids is 1. The van der Waals surface area contributed by atoms with Crippen molar-refractivity contribution in [1.82, 2.24) is 5.16 Å². The van der Waals surface area contributed by atoms with Gasteiger partial charge >= 0.3 is 0 Å². The zero-order chi connectivity index (χ0) is 11.5. The maximum atomic E-state index is 11.7. The topological polar surface area (TPSA) is 81.2 Å². The number of aryl methyl sites for hydroxylation is 1. The molecule has 1 aromatic heterocycles. The highest BCUT2D eigenvalue weighted by Crippen LogP contribution is 2.13. The van der Waals surface area contributed by atoms with Crippen LogP contribution in [0.3, 0.4) is 0 Å². The molecule has 1 aromatic carbocycles. The standard InChI is InChI=1S/C11H11N3O2/c1-7-10(6-13-16-7)11(15)14-9-4-2-8(12)3-5-9/h2-6H,12H2,1H3,(H,14,15). The number of nitrogen functional groups attached to an aromatic ring is 1. The molecule has 0 saturated carbocycles. The molecular formula is C11H11N3O2. The molecule has 5 heteroatoms. The third-order valence-corrected chi connectivity index (χ3v) is 2.16. The summed E-state index contributed by atoms with van der Waals surface area (Å²) in [5.74, 6) is 0.247. The number of hydrogen-bond donors (Lipinski definition) is 2. The van der Waals surface area contributed by atoms with Crippen molar-refractivity contribution in [1.29, 1.82) is 0 Å². The summed E-state index contributed by atoms with van der Waals surface area (Å²) < 4.78 is 4.81. The Bertz CT molecular complexity index is 502. The van der Waals surface area contributed by atoms with Gasteiger partial charge < -0.3 is 15.6 Å². The van der Waals surface area contributed by atoms with E-state index in [0.717, 1.165) is 0 Å². The van der Waals surface area contributed by atoms with E-state index < -0.39 is 0 Å². The van der Waals surface area contributed by atoms with Gasteiger partial charge in [0.25, 0.3) is 5.91 Å². The summed E-state index contributed by atoms with van der Waals surface area (Å²) in [5, 5.41) is 6.26. The fourth-order valence-corrected chi connectivity index (χ4v) is 1.28. The molecule has 0 spiro atoms. The zero-order valence-electron chi connectivity index (χ0n) is 8.73. The minimum atomic E-state index is -0.247. The molecule has 3 N–H and O–H groups in total. The van der Waals surface area contributed by atoms with E-state index in [2.05, 4.69) is 10.5 Å². The predicted molar refractivity (Wildman–Crippen MR) is 60.0 cm³/mol. The molecule has 0 atom stereocenters. The van der Waals surface area contributed by atoms with E-state index in [1.165, 1.54) is 6.20 Å². The lowest BCUT2D eigenvalue weighted by atomic mass is 10.2. The molecule has 2 rings (SSSR count). The van der Waals surface area contributed by atoms with Crippen LogP contribution in [0.5, 0.6) is 0 Å². The number of anilines is 2. The molecule has 5 nitrogen and oxygen atoms in total. The van der Waals surface area contributed by atoms with Gasteiger partial charge in [0.1, 0.15) is 11.3 Å². The van der Waals surface area contributed by atoms with E-state index >= 15 is 0 Å². The summed E-state index contributed by atoms with van der Waals surface area (Å²) in [6.45, 7) is 1.69. The first-order valence-corrected chi connectivity index (χ1v) is 4.75. The van der Waals surface area contributed by atoms with Crippen molar-refractivity contribution in [2.75, 3.05) is 11.1 Å². The van der Waals surface area contributed by atoms with Crippen LogP contribution in [0.4, 0.5) is 11.4 Å². The van der Waals surface area contributed by atoms with Gasteiger partial charge in [-0.3, -0.25) is 4.79 Å². The van der Waals surface area contributed by atoms with E-state index in [-0.39, 0.29) is 5.91 Å². The molecule has 0 bridgehead atoms. The monoisotopic (exact) mass is 217 g/mol. The van der Waals surface area contributed by atoms with Gasteiger partial charge in [-0.15, -0.1) is 0 Å². The molecule has 1 heterocycles. The molecule has 0 saturated heterocycles. The first kappa shape index (κ1) is 10.2. The Morgan fingerprint density at radius 3 is 2.62 bits per heavy atom. The summed E-state index contributed by atoms with van der Waals surface area (Å²) in [7, 11) is 0. The van der Waals surface area contributed by atoms with Crippen LogP contribution >= 0.6 is 0 Å². The molecule has 0 fully saturated rings. The SMILES string of the molecule is Cc1oncc1C(=O)Nc1ccc(N)cc1. The van der Waals surface area contributed by atoms with Gasteiger partial charge in [-0.2, -0.15) is 0 Å². The van der Waals surface area contributed by atoms with E-state index in [1.807, 2.05) is 0 Å². The fraction of sp³-hybridized carbons (Fsp3) is 0.0909. The minimum absolute atomic E-state index is 0.247. The van der Waals surface area contributed by atoms with Crippen molar-refractivity contribution in [3.63, 3.8) is 0 Å². The summed E-state index contributed by atoms with van der Waals surface area (Å²) in [6, 6.07) is 6.90. The Morgan fingerprint density at radius 2 is 2.06 bits per heavy atom. The van der Waals surface area contributed by atoms with Crippen molar-refractivity contribution >= 4 is 17.3 Å². The van der Waals surface area contributed by atoms with Gasteiger partial charge in [-0.1, -0.05) is 5.16 Å². The van der Waals surface area contributed by atoms with Crippen LogP contribution in [0.25, 0.3) is 0 Å². The highest BCUT2D eigenvalue weighted by atomic mass is 16.5. The van der Waals surface area contributed by atoms with E-state index in [0.29, 0.717) is 22.7 Å². The third-order valence-electron chi connectivity index (χ3n) is 2.16. The Morgan fingerprint density at radius 1 is 1.38 bits per heavy atom. The smallest absolute Gasteiger partial charge is 0.260 e. The lowest BCUT2D eigenvalue weighted by Gasteiger charge is -2.03. The van der Waals surface area contributed by atoms with Gasteiger partial charge in [0.05, 0.1) is 6.20 Å². The number of carbonyl (C=O) groups is 1. The third kappa shape index (κ3) is 2.03. The lowest BCUT2D eigenvalue weighted by molar-refractivity contribution is 0.102. The second-order valence-electron chi connectivity index (χ2n) is 3.37. The van der Waals surface area contributed by atoms with E-state index in [1.54, 1.807) is 31.2 Å². The van der Waals surface area contributed by atoms with Gasteiger partial charge in [0, 0.05) is 11.4 Å². The summed E-state index contributed by atoms with van der Waals surface area (Å²) in [4.78, 5) is 11.7. The largest absolute Gasteiger partial charge is 0.399 e. The predicted octanol–water partition coefficient (Wildman–Crippen LogP) is 1.82. The van der Waals surface area contributed by atoms with Gasteiger partial charge in [-0.25, -0.2) is 0 Å². The average Bonchev–Trinajstić information content (AvgIpc) is 2.68. The molecule has 16 heavy (non-hydrogen) atoms. The Hall–Kier alpha value is -2.30. The normalized spacial score (nSPS) is 10.1. The zero-order valence-corrected chi connectivity index (χ0v) is 8.73. The Labute approximate surface area is 92.2 Å². The molecule has 0 radical (unpaired) electrons. The van der Waals surface area contributed by atoms with Crippen molar-refractivity contribution in [3.05, 3.63) is 41.8 Å². The molecule has 1 amide bonds. The molecule has 0 aliphatic carbocycles. The quantitative estimate of drug-likeness (QED) is 0.752. The van der Waals surface area contributed by atoms with Crippen LogP contribution in [0.15, 0.2) is 35.0 Å². The maximum Gasteiger partial charge on any atom is 0.260 e. The number of nitrogens with one attached hydrogen (secondary N) is 1. The number of amides is 1. The summed E-state index contributed by atoms with van der Waals surface area (Å²) in [5.41, 5.74) is 7.30. The van der Waals surface area contributed by atoms with Crippen molar-refractivity contribution in [2.45, 2.75) is 6.92 Å². The number of aromatic nitrogens is 1. The molecule has 82 valence electrons. The fourth-order valence-electron chi connectivity index (χ4n) is 1.28. The number of benzene rings is 1. The Balaban J connectivity index is 2.14. The second-order valence-corrected chi connectivity index (χ2v) is 3.37. The van der Waals surface area contributed by atoms with Crippen LogP contribution < -0.4 is 11.1 Å². The van der Waals surface area contributed by atoms with Crippen LogP contribution in [0, 0.1) is 6.92 Å². The molecular weight excluding hydrogens is 206 g/mol. The number of nitrogens with two attached hydrogens (primary N) is 1. The average molecular weight is 217 g/mol. The molecule has 0 unspecified atom stereocenters. The van der Waals surface area contributed by atoms with Crippen molar-refractivity contribution in [3.8, 4) is 0 Å². The van der Waals surface area contributed by atoms with Crippen molar-refractivity contribution < 1.29 is 9.32 Å². The lowest BCUT2D eigenvalue weighted by Crippen LogP contribution is -2.12. The summed E-state index contributed by atoms with van der Waals surface area (Å²) in [6.07, 6.45) is 1.39. The van der Waals surface area contributed by atoms with Crippen LogP contribution in [-0.2, 0) is 0 Å². The van der Waals surface area contributed by atoms with E-state index in [9.17, 15) is 4.79 Å². The van der Waals surface area contributed by atoms with Crippen LogP contribution in [-0.4, -0.2) is 11.1 Å². The Kier molecular flexibility index (Phi) is 2.59. The summed E-state index contributed by atoms with van der Waals surface area (Å²) >= 11 is 0. The van der Waals surface area contributed by atoms with Crippen molar-refractivity contribution in [2.24, 2.45) is 0 Å².